The van der Waals surface area contributed by atoms with Crippen LogP contribution in [0.2, 0.25) is 0 Å². The van der Waals surface area contributed by atoms with Crippen LogP contribution in [0.5, 0.6) is 0 Å². The molecule has 9 heteroatoms. The molecule has 5 rings (SSSR count). The van der Waals surface area contributed by atoms with Gasteiger partial charge in [0.25, 0.3) is 5.91 Å². The van der Waals surface area contributed by atoms with E-state index in [1.165, 1.54) is 11.3 Å². The van der Waals surface area contributed by atoms with Crippen LogP contribution < -0.4 is 5.32 Å². The molecule has 4 aromatic rings. The largest absolute Gasteiger partial charge is 0.452 e. The Morgan fingerprint density at radius 3 is 2.75 bits per heavy atom. The normalized spacial score (nSPS) is 13.4. The highest BCUT2D eigenvalue weighted by atomic mass is 79.9. The highest BCUT2D eigenvalue weighted by Gasteiger charge is 2.26. The zero-order valence-corrected chi connectivity index (χ0v) is 22.2. The quantitative estimate of drug-likeness (QED) is 0.290. The monoisotopic (exact) mass is 564 g/mol. The lowest BCUT2D eigenvalue weighted by atomic mass is 9.95. The molecule has 2 aromatic heterocycles. The predicted molar refractivity (Wildman–Crippen MR) is 145 cm³/mol. The molecule has 0 unspecified atom stereocenters. The number of rotatable bonds is 7. The second-order valence-electron chi connectivity index (χ2n) is 8.62. The summed E-state index contributed by atoms with van der Waals surface area (Å²) in [5, 5.41) is 5.82. The van der Waals surface area contributed by atoms with E-state index in [9.17, 15) is 9.59 Å². The lowest BCUT2D eigenvalue weighted by molar-refractivity contribution is -0.119. The number of aromatic nitrogens is 2. The van der Waals surface area contributed by atoms with Gasteiger partial charge in [-0.15, -0.1) is 11.3 Å². The number of para-hydroxylation sites is 1. The molecule has 1 aliphatic heterocycles. The summed E-state index contributed by atoms with van der Waals surface area (Å²) in [5.74, 6) is -0.937. The van der Waals surface area contributed by atoms with E-state index < -0.39 is 18.5 Å². The first-order valence-corrected chi connectivity index (χ1v) is 13.5. The minimum absolute atomic E-state index is 0.393. The van der Waals surface area contributed by atoms with Crippen LogP contribution in [0, 0.1) is 0 Å². The Hall–Kier alpha value is -3.14. The van der Waals surface area contributed by atoms with Crippen molar-refractivity contribution < 1.29 is 14.3 Å². The van der Waals surface area contributed by atoms with Crippen molar-refractivity contribution in [2.75, 3.05) is 25.0 Å². The van der Waals surface area contributed by atoms with E-state index in [-0.39, 0.29) is 0 Å². The van der Waals surface area contributed by atoms with Gasteiger partial charge in [0.2, 0.25) is 0 Å². The number of nitrogens with zero attached hydrogens (tertiary/aromatic N) is 3. The molecule has 1 aliphatic rings. The van der Waals surface area contributed by atoms with Gasteiger partial charge in [-0.05, 0) is 31.2 Å². The molecule has 36 heavy (non-hydrogen) atoms. The number of hydrogen-bond acceptors (Lipinski definition) is 7. The van der Waals surface area contributed by atoms with Crippen LogP contribution >= 0.6 is 27.3 Å². The summed E-state index contributed by atoms with van der Waals surface area (Å²) in [4.78, 5) is 37.5. The van der Waals surface area contributed by atoms with Crippen molar-refractivity contribution in [2.24, 2.45) is 0 Å². The Bertz CT molecular complexity index is 1420. The molecular weight excluding hydrogens is 540 g/mol. The smallest absolute Gasteiger partial charge is 0.339 e. The van der Waals surface area contributed by atoms with Gasteiger partial charge >= 0.3 is 5.97 Å². The fourth-order valence-electron chi connectivity index (χ4n) is 4.43. The van der Waals surface area contributed by atoms with Gasteiger partial charge in [-0.25, -0.2) is 9.78 Å². The highest BCUT2D eigenvalue weighted by molar-refractivity contribution is 9.10. The molecular formula is C27H25BrN4O3S. The Morgan fingerprint density at radius 2 is 1.94 bits per heavy atom. The average molecular weight is 565 g/mol. The molecule has 0 radical (unpaired) electrons. The summed E-state index contributed by atoms with van der Waals surface area (Å²) < 4.78 is 6.49. The maximum Gasteiger partial charge on any atom is 0.339 e. The molecule has 1 N–H and O–H groups in total. The first kappa shape index (κ1) is 24.5. The number of carbonyl (C=O) groups excluding carboxylic acids is 2. The second kappa shape index (κ2) is 10.9. The maximum absolute atomic E-state index is 13.3. The van der Waals surface area contributed by atoms with Gasteiger partial charge in [0.15, 0.2) is 11.7 Å². The van der Waals surface area contributed by atoms with E-state index in [4.69, 9.17) is 9.72 Å². The summed E-state index contributed by atoms with van der Waals surface area (Å²) in [6, 6.07) is 15.4. The van der Waals surface area contributed by atoms with Crippen molar-refractivity contribution in [1.82, 2.24) is 14.9 Å². The molecule has 0 saturated carbocycles. The van der Waals surface area contributed by atoms with E-state index in [0.29, 0.717) is 17.2 Å². The SMILES string of the molecule is CCCN1CCc2nc3ccccc3c(C(=O)OCC(=O)Nc3nc(-c4ccc(Br)cc4)cs3)c2C1. The number of benzene rings is 2. The number of fused-ring (bicyclic) bond motifs is 2. The van der Waals surface area contributed by atoms with Gasteiger partial charge in [0.05, 0.1) is 16.8 Å². The fraction of sp³-hybridized carbons (Fsp3) is 0.259. The van der Waals surface area contributed by atoms with Crippen molar-refractivity contribution in [2.45, 2.75) is 26.3 Å². The van der Waals surface area contributed by atoms with E-state index in [2.05, 4.69) is 38.1 Å². The molecule has 184 valence electrons. The fourth-order valence-corrected chi connectivity index (χ4v) is 5.43. The number of esters is 1. The predicted octanol–water partition coefficient (Wildman–Crippen LogP) is 5.68. The molecule has 0 spiro atoms. The summed E-state index contributed by atoms with van der Waals surface area (Å²) in [6.07, 6.45) is 1.82. The third kappa shape index (κ3) is 5.33. The van der Waals surface area contributed by atoms with Crippen molar-refractivity contribution in [3.05, 3.63) is 75.2 Å². The van der Waals surface area contributed by atoms with Crippen LogP contribution in [-0.2, 0) is 22.5 Å². The number of thiazole rings is 1. The maximum atomic E-state index is 13.3. The Balaban J connectivity index is 1.30. The number of ether oxygens (including phenoxy) is 1. The van der Waals surface area contributed by atoms with E-state index in [0.717, 1.165) is 63.8 Å². The van der Waals surface area contributed by atoms with Crippen LogP contribution in [0.15, 0.2) is 58.4 Å². The molecule has 1 amide bonds. The minimum atomic E-state index is -0.506. The number of nitrogens with one attached hydrogen (secondary N) is 1. The van der Waals surface area contributed by atoms with Crippen LogP contribution in [0.25, 0.3) is 22.2 Å². The average Bonchev–Trinajstić information content (AvgIpc) is 3.35. The van der Waals surface area contributed by atoms with Crippen LogP contribution in [0.1, 0.15) is 35.0 Å². The molecule has 0 atom stereocenters. The van der Waals surface area contributed by atoms with Gasteiger partial charge in [0, 0.05) is 51.6 Å². The summed E-state index contributed by atoms with van der Waals surface area (Å²) >= 11 is 4.75. The number of pyridine rings is 1. The molecule has 0 saturated heterocycles. The van der Waals surface area contributed by atoms with Crippen molar-refractivity contribution in [3.8, 4) is 11.3 Å². The number of hydrogen-bond donors (Lipinski definition) is 1. The zero-order chi connectivity index (χ0) is 25.1. The molecule has 7 nitrogen and oxygen atoms in total. The Labute approximate surface area is 221 Å². The topological polar surface area (TPSA) is 84.4 Å². The third-order valence-corrected chi connectivity index (χ3v) is 7.38. The first-order valence-electron chi connectivity index (χ1n) is 11.8. The number of amides is 1. The van der Waals surface area contributed by atoms with E-state index in [1.807, 2.05) is 53.9 Å². The van der Waals surface area contributed by atoms with Crippen LogP contribution in [0.4, 0.5) is 5.13 Å². The lowest BCUT2D eigenvalue weighted by Crippen LogP contribution is -2.33. The van der Waals surface area contributed by atoms with Gasteiger partial charge in [-0.1, -0.05) is 53.2 Å². The molecule has 2 aromatic carbocycles. The van der Waals surface area contributed by atoms with E-state index in [1.54, 1.807) is 0 Å². The number of carbonyl (C=O) groups is 2. The molecule has 0 bridgehead atoms. The van der Waals surface area contributed by atoms with Crippen molar-refractivity contribution in [3.63, 3.8) is 0 Å². The molecule has 3 heterocycles. The Morgan fingerprint density at radius 1 is 1.14 bits per heavy atom. The van der Waals surface area contributed by atoms with Crippen molar-refractivity contribution >= 4 is 55.2 Å². The van der Waals surface area contributed by atoms with E-state index >= 15 is 0 Å². The van der Waals surface area contributed by atoms with Gasteiger partial charge in [-0.3, -0.25) is 20.0 Å². The van der Waals surface area contributed by atoms with Crippen LogP contribution in [0.3, 0.4) is 0 Å². The lowest BCUT2D eigenvalue weighted by Gasteiger charge is -2.29. The Kier molecular flexibility index (Phi) is 7.41. The van der Waals surface area contributed by atoms with Gasteiger partial charge < -0.3 is 4.74 Å². The van der Waals surface area contributed by atoms with Crippen LogP contribution in [-0.4, -0.2) is 46.4 Å². The molecule has 0 aliphatic carbocycles. The summed E-state index contributed by atoms with van der Waals surface area (Å²) in [5.41, 5.74) is 4.83. The van der Waals surface area contributed by atoms with Gasteiger partial charge in [-0.2, -0.15) is 0 Å². The van der Waals surface area contributed by atoms with Gasteiger partial charge in [0.1, 0.15) is 0 Å². The zero-order valence-electron chi connectivity index (χ0n) is 19.8. The first-order chi connectivity index (χ1) is 17.5. The molecule has 0 fully saturated rings. The second-order valence-corrected chi connectivity index (χ2v) is 10.4. The summed E-state index contributed by atoms with van der Waals surface area (Å²) in [6.45, 7) is 4.27. The number of anilines is 1. The van der Waals surface area contributed by atoms with Crippen molar-refractivity contribution in [1.29, 1.82) is 0 Å². The minimum Gasteiger partial charge on any atom is -0.452 e. The number of halogens is 1. The highest BCUT2D eigenvalue weighted by Crippen LogP contribution is 2.29. The summed E-state index contributed by atoms with van der Waals surface area (Å²) in [7, 11) is 0. The standard InChI is InChI=1S/C27H25BrN4O3S/c1-2-12-32-13-11-22-20(14-32)25(19-5-3-4-6-21(19)29-22)26(34)35-15-24(33)31-27-30-23(16-36-27)17-7-9-18(28)10-8-17/h3-10,16H,2,11-15H2,1H3,(H,30,31,33). The third-order valence-electron chi connectivity index (χ3n) is 6.09.